The third-order valence-electron chi connectivity index (χ3n) is 4.03. The normalized spacial score (nSPS) is 12.0. The second kappa shape index (κ2) is 7.47. The van der Waals surface area contributed by atoms with Crippen LogP contribution in [0.4, 0.5) is 20.2 Å². The number of carbonyl (C=O) groups excluding carboxylic acids is 2. The summed E-state index contributed by atoms with van der Waals surface area (Å²) in [5.74, 6) is -2.60. The van der Waals surface area contributed by atoms with Crippen molar-refractivity contribution in [2.75, 3.05) is 17.4 Å². The number of nitrogens with zero attached hydrogens (tertiary/aromatic N) is 1. The number of amides is 2. The van der Waals surface area contributed by atoms with Crippen LogP contribution in [0.5, 0.6) is 11.5 Å². The first-order valence-electron chi connectivity index (χ1n) is 8.34. The molecule has 2 N–H and O–H groups in total. The first-order valence-corrected chi connectivity index (χ1v) is 9.22. The highest BCUT2D eigenvalue weighted by Gasteiger charge is 2.20. The molecule has 0 aliphatic carbocycles. The van der Waals surface area contributed by atoms with Gasteiger partial charge in [0.2, 0.25) is 6.79 Å². The van der Waals surface area contributed by atoms with Gasteiger partial charge in [-0.25, -0.2) is 13.8 Å². The summed E-state index contributed by atoms with van der Waals surface area (Å²) in [6, 6.07) is 6.15. The molecule has 0 saturated carbocycles. The van der Waals surface area contributed by atoms with Crippen LogP contribution in [-0.2, 0) is 0 Å². The lowest BCUT2D eigenvalue weighted by Crippen LogP contribution is -2.17. The van der Waals surface area contributed by atoms with Crippen LogP contribution in [0.1, 0.15) is 25.9 Å². The van der Waals surface area contributed by atoms with Crippen molar-refractivity contribution in [3.63, 3.8) is 0 Å². The van der Waals surface area contributed by atoms with Crippen molar-refractivity contribution in [2.24, 2.45) is 0 Å². The van der Waals surface area contributed by atoms with Crippen molar-refractivity contribution in [3.8, 4) is 11.5 Å². The molecule has 0 saturated heterocycles. The fourth-order valence-electron chi connectivity index (χ4n) is 2.65. The lowest BCUT2D eigenvalue weighted by molar-refractivity contribution is 0.101. The predicted molar refractivity (Wildman–Crippen MR) is 102 cm³/mol. The summed E-state index contributed by atoms with van der Waals surface area (Å²) in [4.78, 5) is 28.7. The quantitative estimate of drug-likeness (QED) is 0.671. The molecule has 29 heavy (non-hydrogen) atoms. The molecule has 1 aromatic heterocycles. The molecule has 0 atom stereocenters. The van der Waals surface area contributed by atoms with E-state index in [1.54, 1.807) is 19.1 Å². The fourth-order valence-corrected chi connectivity index (χ4v) is 3.24. The minimum Gasteiger partial charge on any atom is -0.454 e. The molecule has 0 spiro atoms. The van der Waals surface area contributed by atoms with Gasteiger partial charge in [-0.2, -0.15) is 0 Å². The highest BCUT2D eigenvalue weighted by atomic mass is 32.1. The number of nitrogens with one attached hydrogen (secondary N) is 2. The number of thiazole rings is 1. The standard InChI is InChI=1S/C19H13F2N3O4S/c1-9-22-15(7-29-9)19(26)24-14-5-11(12(20)6-13(14)21)18(25)23-10-2-3-16-17(4-10)28-8-27-16/h2-7H,8H2,1H3,(H,23,25)(H,24,26). The number of halogens is 2. The molecule has 4 rings (SSSR count). The molecule has 2 aromatic carbocycles. The van der Waals surface area contributed by atoms with Gasteiger partial charge in [0.25, 0.3) is 11.8 Å². The Balaban J connectivity index is 1.56. The fraction of sp³-hybridized carbons (Fsp3) is 0.105. The van der Waals surface area contributed by atoms with Gasteiger partial charge in [-0.3, -0.25) is 9.59 Å². The average Bonchev–Trinajstić information content (AvgIpc) is 3.32. The van der Waals surface area contributed by atoms with Crippen molar-refractivity contribution in [3.05, 3.63) is 63.6 Å². The number of hydrogen-bond donors (Lipinski definition) is 2. The van der Waals surface area contributed by atoms with Crippen LogP contribution in [0.25, 0.3) is 0 Å². The number of anilines is 2. The number of hydrogen-bond acceptors (Lipinski definition) is 6. The average molecular weight is 417 g/mol. The maximum Gasteiger partial charge on any atom is 0.275 e. The van der Waals surface area contributed by atoms with E-state index >= 15 is 0 Å². The Morgan fingerprint density at radius 1 is 1.03 bits per heavy atom. The maximum absolute atomic E-state index is 14.2. The first kappa shape index (κ1) is 18.8. The van der Waals surface area contributed by atoms with Gasteiger partial charge in [0.05, 0.1) is 16.3 Å². The van der Waals surface area contributed by atoms with Crippen LogP contribution < -0.4 is 20.1 Å². The van der Waals surface area contributed by atoms with E-state index in [1.165, 1.54) is 22.8 Å². The number of fused-ring (bicyclic) bond motifs is 1. The summed E-state index contributed by atoms with van der Waals surface area (Å²) in [6.45, 7) is 1.79. The van der Waals surface area contributed by atoms with Gasteiger partial charge >= 0.3 is 0 Å². The molecular formula is C19H13F2N3O4S. The van der Waals surface area contributed by atoms with Crippen molar-refractivity contribution in [1.82, 2.24) is 4.98 Å². The zero-order valence-electron chi connectivity index (χ0n) is 14.9. The summed E-state index contributed by atoms with van der Waals surface area (Å²) < 4.78 is 38.7. The Bertz CT molecular complexity index is 1130. The summed E-state index contributed by atoms with van der Waals surface area (Å²) in [5, 5.41) is 6.99. The summed E-state index contributed by atoms with van der Waals surface area (Å²) in [7, 11) is 0. The third kappa shape index (κ3) is 3.87. The van der Waals surface area contributed by atoms with Crippen molar-refractivity contribution < 1.29 is 27.8 Å². The molecule has 2 heterocycles. The van der Waals surface area contributed by atoms with Crippen LogP contribution in [0.3, 0.4) is 0 Å². The van der Waals surface area contributed by atoms with Crippen molar-refractivity contribution in [2.45, 2.75) is 6.92 Å². The Kier molecular flexibility index (Phi) is 4.85. The van der Waals surface area contributed by atoms with E-state index in [0.717, 1.165) is 6.07 Å². The van der Waals surface area contributed by atoms with Gasteiger partial charge in [-0.15, -0.1) is 11.3 Å². The Labute approximate surface area is 167 Å². The number of aromatic nitrogens is 1. The SMILES string of the molecule is Cc1nc(C(=O)Nc2cc(C(=O)Nc3ccc4c(c3)OCO4)c(F)cc2F)cs1. The van der Waals surface area contributed by atoms with Crippen LogP contribution in [0.2, 0.25) is 0 Å². The zero-order valence-corrected chi connectivity index (χ0v) is 15.7. The number of benzene rings is 2. The minimum absolute atomic E-state index is 0.0703. The van der Waals surface area contributed by atoms with Crippen LogP contribution in [0, 0.1) is 18.6 Å². The maximum atomic E-state index is 14.2. The van der Waals surface area contributed by atoms with E-state index in [-0.39, 0.29) is 18.2 Å². The molecule has 1 aliphatic heterocycles. The minimum atomic E-state index is -1.07. The van der Waals surface area contributed by atoms with Crippen LogP contribution >= 0.6 is 11.3 Å². The van der Waals surface area contributed by atoms with Gasteiger partial charge in [-0.05, 0) is 25.1 Å². The number of ether oxygens (including phenoxy) is 2. The number of aryl methyl sites for hydroxylation is 1. The third-order valence-corrected chi connectivity index (χ3v) is 4.81. The molecule has 3 aromatic rings. The van der Waals surface area contributed by atoms with E-state index in [4.69, 9.17) is 9.47 Å². The molecular weight excluding hydrogens is 404 g/mol. The molecule has 10 heteroatoms. The lowest BCUT2D eigenvalue weighted by Gasteiger charge is -2.10. The Hall–Kier alpha value is -3.53. The molecule has 0 unspecified atom stereocenters. The monoisotopic (exact) mass is 417 g/mol. The molecule has 7 nitrogen and oxygen atoms in total. The van der Waals surface area contributed by atoms with E-state index in [1.807, 2.05) is 0 Å². The molecule has 0 fully saturated rings. The molecule has 1 aliphatic rings. The summed E-state index contributed by atoms with van der Waals surface area (Å²) in [5.41, 5.74) is -0.333. The molecule has 2 amide bonds. The van der Waals surface area contributed by atoms with Crippen molar-refractivity contribution in [1.29, 1.82) is 0 Å². The van der Waals surface area contributed by atoms with Crippen LogP contribution in [-0.4, -0.2) is 23.6 Å². The first-order chi connectivity index (χ1) is 13.9. The van der Waals surface area contributed by atoms with E-state index < -0.39 is 29.0 Å². The van der Waals surface area contributed by atoms with Crippen molar-refractivity contribution >= 4 is 34.5 Å². The van der Waals surface area contributed by atoms with E-state index in [0.29, 0.717) is 28.3 Å². The van der Waals surface area contributed by atoms with E-state index in [2.05, 4.69) is 15.6 Å². The smallest absolute Gasteiger partial charge is 0.275 e. The van der Waals surface area contributed by atoms with E-state index in [9.17, 15) is 18.4 Å². The second-order valence-electron chi connectivity index (χ2n) is 6.04. The zero-order chi connectivity index (χ0) is 20.5. The number of carbonyl (C=O) groups is 2. The largest absolute Gasteiger partial charge is 0.454 e. The predicted octanol–water partition coefficient (Wildman–Crippen LogP) is 3.96. The Morgan fingerprint density at radius 2 is 1.83 bits per heavy atom. The van der Waals surface area contributed by atoms with Gasteiger partial charge in [0.15, 0.2) is 11.5 Å². The summed E-state index contributed by atoms with van der Waals surface area (Å²) in [6.07, 6.45) is 0. The van der Waals surface area contributed by atoms with Gasteiger partial charge in [-0.1, -0.05) is 0 Å². The Morgan fingerprint density at radius 3 is 2.59 bits per heavy atom. The molecule has 0 radical (unpaired) electrons. The lowest BCUT2D eigenvalue weighted by atomic mass is 10.1. The number of rotatable bonds is 4. The van der Waals surface area contributed by atoms with Gasteiger partial charge < -0.3 is 20.1 Å². The highest BCUT2D eigenvalue weighted by molar-refractivity contribution is 7.09. The van der Waals surface area contributed by atoms with Crippen LogP contribution in [0.15, 0.2) is 35.7 Å². The highest BCUT2D eigenvalue weighted by Crippen LogP contribution is 2.34. The molecule has 0 bridgehead atoms. The molecule has 148 valence electrons. The van der Waals surface area contributed by atoms with Gasteiger partial charge in [0.1, 0.15) is 17.3 Å². The second-order valence-corrected chi connectivity index (χ2v) is 7.10. The van der Waals surface area contributed by atoms with Gasteiger partial charge in [0, 0.05) is 23.2 Å². The topological polar surface area (TPSA) is 89.6 Å². The summed E-state index contributed by atoms with van der Waals surface area (Å²) >= 11 is 1.26.